The summed E-state index contributed by atoms with van der Waals surface area (Å²) >= 11 is 0. The minimum atomic E-state index is -0.560. The van der Waals surface area contributed by atoms with Crippen molar-refractivity contribution in [3.63, 3.8) is 0 Å². The van der Waals surface area contributed by atoms with Crippen LogP contribution in [0.3, 0.4) is 0 Å². The molecule has 128 valence electrons. The van der Waals surface area contributed by atoms with Crippen LogP contribution in [0, 0.1) is 0 Å². The van der Waals surface area contributed by atoms with Crippen molar-refractivity contribution in [2.24, 2.45) is 0 Å². The van der Waals surface area contributed by atoms with Crippen LogP contribution in [0.25, 0.3) is 11.0 Å². The van der Waals surface area contributed by atoms with Gasteiger partial charge < -0.3 is 14.8 Å². The summed E-state index contributed by atoms with van der Waals surface area (Å²) in [5.74, 6) is -0.896. The van der Waals surface area contributed by atoms with Gasteiger partial charge in [0.1, 0.15) is 5.52 Å². The van der Waals surface area contributed by atoms with Crippen LogP contribution in [0.1, 0.15) is 30.1 Å². The Bertz CT molecular complexity index is 737. The normalized spacial score (nSPS) is 17.1. The molecule has 2 heterocycles. The van der Waals surface area contributed by atoms with E-state index in [1.54, 1.807) is 22.9 Å². The van der Waals surface area contributed by atoms with E-state index in [9.17, 15) is 9.59 Å². The van der Waals surface area contributed by atoms with Crippen LogP contribution in [-0.4, -0.2) is 52.7 Å². The van der Waals surface area contributed by atoms with Gasteiger partial charge in [0.25, 0.3) is 5.91 Å². The van der Waals surface area contributed by atoms with Gasteiger partial charge in [-0.2, -0.15) is 0 Å². The third-order valence-corrected chi connectivity index (χ3v) is 3.93. The van der Waals surface area contributed by atoms with Crippen molar-refractivity contribution in [3.8, 4) is 0 Å². The van der Waals surface area contributed by atoms with Crippen LogP contribution in [0.5, 0.6) is 0 Å². The summed E-state index contributed by atoms with van der Waals surface area (Å²) < 4.78 is 12.2. The van der Waals surface area contributed by atoms with Gasteiger partial charge in [0.2, 0.25) is 0 Å². The first-order chi connectivity index (χ1) is 11.7. The summed E-state index contributed by atoms with van der Waals surface area (Å²) in [5.41, 5.74) is 1.81. The van der Waals surface area contributed by atoms with Crippen LogP contribution in [0.4, 0.5) is 0 Å². The number of amides is 1. The van der Waals surface area contributed by atoms with E-state index in [-0.39, 0.29) is 18.6 Å². The Morgan fingerprint density at radius 2 is 2.33 bits per heavy atom. The Balaban J connectivity index is 1.51. The number of hydrogen-bond donors (Lipinski definition) is 1. The highest BCUT2D eigenvalue weighted by molar-refractivity contribution is 5.94. The van der Waals surface area contributed by atoms with Gasteiger partial charge in [0.05, 0.1) is 17.2 Å². The van der Waals surface area contributed by atoms with Gasteiger partial charge in [-0.1, -0.05) is 5.21 Å². The topological polar surface area (TPSA) is 95.3 Å². The number of carbonyl (C=O) groups excluding carboxylic acids is 2. The Labute approximate surface area is 139 Å². The number of hydrogen-bond acceptors (Lipinski definition) is 6. The second kappa shape index (κ2) is 7.39. The predicted molar refractivity (Wildman–Crippen MR) is 85.5 cm³/mol. The standard InChI is InChI=1S/C16H20N4O4/c1-2-20-14-6-5-11(8-13(14)18-19-20)16(22)24-10-15(21)17-9-12-4-3-7-23-12/h5-6,8,12H,2-4,7,9-10H2,1H3,(H,17,21)/t12-/m1/s1. The molecule has 1 fully saturated rings. The fourth-order valence-corrected chi connectivity index (χ4v) is 2.63. The summed E-state index contributed by atoms with van der Waals surface area (Å²) in [4.78, 5) is 23.8. The summed E-state index contributed by atoms with van der Waals surface area (Å²) in [5, 5.41) is 10.7. The average molecular weight is 332 g/mol. The molecule has 1 amide bonds. The molecule has 0 radical (unpaired) electrons. The minimum absolute atomic E-state index is 0.0632. The molecular formula is C16H20N4O4. The quantitative estimate of drug-likeness (QED) is 0.790. The van der Waals surface area contributed by atoms with Crippen LogP contribution in [-0.2, 0) is 20.8 Å². The molecule has 0 spiro atoms. The molecule has 0 unspecified atom stereocenters. The number of aryl methyl sites for hydroxylation is 1. The highest BCUT2D eigenvalue weighted by Crippen LogP contribution is 2.14. The predicted octanol–water partition coefficient (Wildman–Crippen LogP) is 0.903. The number of rotatable bonds is 6. The van der Waals surface area contributed by atoms with E-state index in [2.05, 4.69) is 15.6 Å². The van der Waals surface area contributed by atoms with E-state index >= 15 is 0 Å². The van der Waals surface area contributed by atoms with Crippen LogP contribution < -0.4 is 5.32 Å². The molecule has 8 heteroatoms. The van der Waals surface area contributed by atoms with E-state index in [1.807, 2.05) is 6.92 Å². The molecule has 2 aromatic rings. The first-order valence-electron chi connectivity index (χ1n) is 8.06. The van der Waals surface area contributed by atoms with Crippen LogP contribution in [0.2, 0.25) is 0 Å². The van der Waals surface area contributed by atoms with Crippen molar-refractivity contribution < 1.29 is 19.1 Å². The summed E-state index contributed by atoms with van der Waals surface area (Å²) in [6.45, 7) is 3.53. The molecule has 8 nitrogen and oxygen atoms in total. The third kappa shape index (κ3) is 3.70. The number of esters is 1. The van der Waals surface area contributed by atoms with Gasteiger partial charge in [-0.15, -0.1) is 5.10 Å². The van der Waals surface area contributed by atoms with Gasteiger partial charge >= 0.3 is 5.97 Å². The molecule has 0 bridgehead atoms. The minimum Gasteiger partial charge on any atom is -0.452 e. The highest BCUT2D eigenvalue weighted by Gasteiger charge is 2.17. The molecule has 1 atom stereocenters. The zero-order chi connectivity index (χ0) is 16.9. The van der Waals surface area contributed by atoms with Gasteiger partial charge in [0.15, 0.2) is 6.61 Å². The van der Waals surface area contributed by atoms with Crippen molar-refractivity contribution in [1.29, 1.82) is 0 Å². The van der Waals surface area contributed by atoms with E-state index in [4.69, 9.17) is 9.47 Å². The van der Waals surface area contributed by atoms with Crippen molar-refractivity contribution in [2.45, 2.75) is 32.4 Å². The molecular weight excluding hydrogens is 312 g/mol. The van der Waals surface area contributed by atoms with E-state index < -0.39 is 5.97 Å². The molecule has 1 aliphatic rings. The Kier molecular flexibility index (Phi) is 5.05. The zero-order valence-electron chi connectivity index (χ0n) is 13.5. The first-order valence-corrected chi connectivity index (χ1v) is 8.06. The molecule has 1 aliphatic heterocycles. The molecule has 24 heavy (non-hydrogen) atoms. The lowest BCUT2D eigenvalue weighted by Crippen LogP contribution is -2.34. The third-order valence-electron chi connectivity index (χ3n) is 3.93. The maximum atomic E-state index is 12.0. The number of ether oxygens (including phenoxy) is 2. The second-order valence-corrected chi connectivity index (χ2v) is 5.62. The van der Waals surface area contributed by atoms with E-state index in [0.717, 1.165) is 25.0 Å². The van der Waals surface area contributed by atoms with Gasteiger partial charge in [0, 0.05) is 19.7 Å². The molecule has 1 aromatic carbocycles. The highest BCUT2D eigenvalue weighted by atomic mass is 16.5. The van der Waals surface area contributed by atoms with E-state index in [1.165, 1.54) is 0 Å². The van der Waals surface area contributed by atoms with E-state index in [0.29, 0.717) is 24.2 Å². The maximum absolute atomic E-state index is 12.0. The number of aromatic nitrogens is 3. The second-order valence-electron chi connectivity index (χ2n) is 5.62. The lowest BCUT2D eigenvalue weighted by atomic mass is 10.2. The first kappa shape index (κ1) is 16.4. The maximum Gasteiger partial charge on any atom is 0.338 e. The van der Waals surface area contributed by atoms with Crippen LogP contribution in [0.15, 0.2) is 18.2 Å². The average Bonchev–Trinajstić information content (AvgIpc) is 3.26. The lowest BCUT2D eigenvalue weighted by Gasteiger charge is -2.11. The Morgan fingerprint density at radius 1 is 1.46 bits per heavy atom. The van der Waals surface area contributed by atoms with Gasteiger partial charge in [-0.05, 0) is 38.0 Å². The molecule has 1 N–H and O–H groups in total. The molecule has 0 saturated carbocycles. The molecule has 1 aromatic heterocycles. The largest absolute Gasteiger partial charge is 0.452 e. The lowest BCUT2D eigenvalue weighted by molar-refractivity contribution is -0.124. The summed E-state index contributed by atoms with van der Waals surface area (Å²) in [6, 6.07) is 5.03. The number of nitrogens with one attached hydrogen (secondary N) is 1. The van der Waals surface area contributed by atoms with Crippen molar-refractivity contribution >= 4 is 22.9 Å². The Morgan fingerprint density at radius 3 is 3.08 bits per heavy atom. The smallest absolute Gasteiger partial charge is 0.338 e. The van der Waals surface area contributed by atoms with Gasteiger partial charge in [-0.3, -0.25) is 4.79 Å². The molecule has 1 saturated heterocycles. The van der Waals surface area contributed by atoms with Crippen molar-refractivity contribution in [1.82, 2.24) is 20.3 Å². The number of nitrogens with zero attached hydrogens (tertiary/aromatic N) is 3. The summed E-state index contributed by atoms with van der Waals surface area (Å²) in [7, 11) is 0. The number of carbonyl (C=O) groups is 2. The number of fused-ring (bicyclic) bond motifs is 1. The van der Waals surface area contributed by atoms with Crippen molar-refractivity contribution in [3.05, 3.63) is 23.8 Å². The Hall–Kier alpha value is -2.48. The molecule has 3 rings (SSSR count). The van der Waals surface area contributed by atoms with Gasteiger partial charge in [-0.25, -0.2) is 9.48 Å². The SMILES string of the molecule is CCn1nnc2cc(C(=O)OCC(=O)NC[C@H]3CCCO3)ccc21. The fraction of sp³-hybridized carbons (Fsp3) is 0.500. The fourth-order valence-electron chi connectivity index (χ4n) is 2.63. The summed E-state index contributed by atoms with van der Waals surface area (Å²) in [6.07, 6.45) is 2.02. The zero-order valence-corrected chi connectivity index (χ0v) is 13.5. The van der Waals surface area contributed by atoms with Crippen molar-refractivity contribution in [2.75, 3.05) is 19.8 Å². The molecule has 0 aliphatic carbocycles. The van der Waals surface area contributed by atoms with Crippen LogP contribution >= 0.6 is 0 Å². The number of benzene rings is 1. The monoisotopic (exact) mass is 332 g/mol.